The summed E-state index contributed by atoms with van der Waals surface area (Å²) >= 11 is 1.69. The van der Waals surface area contributed by atoms with E-state index in [1.807, 2.05) is 6.92 Å². The van der Waals surface area contributed by atoms with Crippen molar-refractivity contribution < 1.29 is 32.2 Å². The minimum atomic E-state index is -1.08. The van der Waals surface area contributed by atoms with Gasteiger partial charge in [0.25, 0.3) is 0 Å². The number of hydrogen-bond acceptors (Lipinski definition) is 2. The quantitative estimate of drug-likeness (QED) is 0.484. The van der Waals surface area contributed by atoms with Crippen molar-refractivity contribution >= 4 is 33.6 Å². The van der Waals surface area contributed by atoms with Crippen molar-refractivity contribution in [3.63, 3.8) is 0 Å². The van der Waals surface area contributed by atoms with Crippen LogP contribution in [0.15, 0.2) is 23.8 Å². The van der Waals surface area contributed by atoms with Gasteiger partial charge in [-0.2, -0.15) is 0 Å². The van der Waals surface area contributed by atoms with E-state index in [-0.39, 0.29) is 24.4 Å². The second-order valence-corrected chi connectivity index (χ2v) is 4.32. The molecule has 0 amide bonds. The molecule has 1 aliphatic carbocycles. The molecular formula is C13H15ClMgO4. The van der Waals surface area contributed by atoms with Gasteiger partial charge in [-0.05, 0) is 13.3 Å². The zero-order chi connectivity index (χ0) is 14.2. The molecular weight excluding hydrogens is 280 g/mol. The van der Waals surface area contributed by atoms with Gasteiger partial charge in [-0.3, -0.25) is 4.79 Å². The van der Waals surface area contributed by atoms with E-state index in [0.717, 1.165) is 6.42 Å². The first kappa shape index (κ1) is 20.4. The van der Waals surface area contributed by atoms with Crippen LogP contribution < -0.4 is 12.4 Å². The second kappa shape index (κ2) is 9.90. The summed E-state index contributed by atoms with van der Waals surface area (Å²) in [6, 6.07) is 0. The molecule has 0 heterocycles. The van der Waals surface area contributed by atoms with Gasteiger partial charge < -0.3 is 22.6 Å². The summed E-state index contributed by atoms with van der Waals surface area (Å²) in [6.45, 7) is 3.54. The molecule has 0 saturated carbocycles. The zero-order valence-electron chi connectivity index (χ0n) is 10.9. The van der Waals surface area contributed by atoms with E-state index in [2.05, 4.69) is 9.97 Å². The Bertz CT molecular complexity index is 445. The van der Waals surface area contributed by atoms with Crippen LogP contribution in [0.25, 0.3) is 0 Å². The second-order valence-electron chi connectivity index (χ2n) is 3.96. The number of allylic oxidation sites excluding steroid dienone is 2. The smallest absolute Gasteiger partial charge is 1.00 e. The molecule has 0 radical (unpaired) electrons. The first-order chi connectivity index (χ1) is 8.37. The summed E-state index contributed by atoms with van der Waals surface area (Å²) in [7, 11) is 0. The van der Waals surface area contributed by atoms with Crippen molar-refractivity contribution in [1.82, 2.24) is 0 Å². The number of carboxylic acid groups (broad SMARTS) is 2. The van der Waals surface area contributed by atoms with Gasteiger partial charge in [-0.25, -0.2) is 4.79 Å². The van der Waals surface area contributed by atoms with E-state index in [0.29, 0.717) is 0 Å². The molecule has 1 unspecified atom stereocenters. The summed E-state index contributed by atoms with van der Waals surface area (Å²) < 4.78 is 2.80. The summed E-state index contributed by atoms with van der Waals surface area (Å²) in [5, 5.41) is 17.5. The summed E-state index contributed by atoms with van der Waals surface area (Å²) in [4.78, 5) is 21.3. The third-order valence-corrected chi connectivity index (χ3v) is 2.63. The maximum Gasteiger partial charge on any atom is -1.00 e. The number of halogens is 1. The summed E-state index contributed by atoms with van der Waals surface area (Å²) in [6.07, 6.45) is 5.42. The molecule has 0 fully saturated rings. The molecule has 0 aromatic carbocycles. The molecule has 2 N–H and O–H groups in total. The van der Waals surface area contributed by atoms with Crippen molar-refractivity contribution in [1.29, 1.82) is 0 Å². The van der Waals surface area contributed by atoms with Crippen molar-refractivity contribution in [3.05, 3.63) is 23.8 Å². The monoisotopic (exact) mass is 294 g/mol. The Balaban J connectivity index is 0. The number of carboxylic acids is 2. The fraction of sp³-hybridized carbons (Fsp3) is 0.385. The van der Waals surface area contributed by atoms with E-state index < -0.39 is 17.4 Å². The normalized spacial score (nSPS) is 19.7. The van der Waals surface area contributed by atoms with Crippen LogP contribution in [0.4, 0.5) is 0 Å². The van der Waals surface area contributed by atoms with Gasteiger partial charge in [0.2, 0.25) is 0 Å². The molecule has 100 valence electrons. The molecule has 1 atom stereocenters. The number of aliphatic carboxylic acids is 2. The maximum atomic E-state index is 10.8. The largest absolute Gasteiger partial charge is 1.00 e. The molecule has 0 spiro atoms. The van der Waals surface area contributed by atoms with Crippen LogP contribution in [0.5, 0.6) is 0 Å². The Morgan fingerprint density at radius 3 is 2.37 bits per heavy atom. The minimum Gasteiger partial charge on any atom is -1.00 e. The summed E-state index contributed by atoms with van der Waals surface area (Å²) in [5.74, 6) is 0.811. The topological polar surface area (TPSA) is 74.6 Å². The fourth-order valence-corrected chi connectivity index (χ4v) is 1.56. The van der Waals surface area contributed by atoms with Crippen LogP contribution in [0.2, 0.25) is 0 Å². The molecule has 1 rings (SSSR count). The van der Waals surface area contributed by atoms with Gasteiger partial charge in [0.1, 0.15) is 0 Å². The average molecular weight is 295 g/mol. The Labute approximate surface area is 131 Å². The van der Waals surface area contributed by atoms with Crippen molar-refractivity contribution in [3.8, 4) is 9.97 Å². The molecule has 19 heavy (non-hydrogen) atoms. The van der Waals surface area contributed by atoms with Crippen molar-refractivity contribution in [2.24, 2.45) is 5.41 Å². The Kier molecular flexibility index (Phi) is 10.6. The average Bonchev–Trinajstić information content (AvgIpc) is 2.30. The van der Waals surface area contributed by atoms with Gasteiger partial charge in [-0.1, -0.05) is 18.2 Å². The van der Waals surface area contributed by atoms with Crippen LogP contribution in [-0.2, 0) is 9.59 Å². The van der Waals surface area contributed by atoms with Gasteiger partial charge in [0.15, 0.2) is 0 Å². The molecule has 0 saturated heterocycles. The SMILES string of the molecule is CC1(C(=O)O)C=CC=C(C(=O)O)C1.CCC#[C][Mg+].[Cl-]. The molecule has 0 aliphatic heterocycles. The van der Waals surface area contributed by atoms with Gasteiger partial charge in [0, 0.05) is 5.57 Å². The molecule has 0 bridgehead atoms. The van der Waals surface area contributed by atoms with Gasteiger partial charge in [-0.15, -0.1) is 0 Å². The Hall–Kier alpha value is -0.964. The first-order valence-corrected chi connectivity index (χ1v) is 6.18. The maximum absolute atomic E-state index is 10.8. The summed E-state index contributed by atoms with van der Waals surface area (Å²) in [5.41, 5.74) is -0.949. The molecule has 6 heteroatoms. The molecule has 4 nitrogen and oxygen atoms in total. The van der Waals surface area contributed by atoms with E-state index in [1.54, 1.807) is 21.7 Å². The van der Waals surface area contributed by atoms with Crippen LogP contribution in [0.1, 0.15) is 26.7 Å². The van der Waals surface area contributed by atoms with Crippen LogP contribution in [0, 0.1) is 15.4 Å². The van der Waals surface area contributed by atoms with Gasteiger partial charge in [0.05, 0.1) is 5.41 Å². The van der Waals surface area contributed by atoms with E-state index in [1.165, 1.54) is 25.2 Å². The van der Waals surface area contributed by atoms with E-state index in [4.69, 9.17) is 10.2 Å². The van der Waals surface area contributed by atoms with Crippen LogP contribution in [0.3, 0.4) is 0 Å². The first-order valence-electron chi connectivity index (χ1n) is 5.47. The number of carbonyl (C=O) groups is 2. The molecule has 1 aliphatic rings. The third kappa shape index (κ3) is 7.26. The molecule has 0 aromatic heterocycles. The minimum absolute atomic E-state index is 0. The zero-order valence-corrected chi connectivity index (χ0v) is 13.1. The van der Waals surface area contributed by atoms with Crippen LogP contribution in [-0.4, -0.2) is 43.9 Å². The predicted octanol–water partition coefficient (Wildman–Crippen LogP) is -1.42. The van der Waals surface area contributed by atoms with Crippen LogP contribution >= 0.6 is 0 Å². The van der Waals surface area contributed by atoms with E-state index in [9.17, 15) is 9.59 Å². The Morgan fingerprint density at radius 2 is 2.05 bits per heavy atom. The van der Waals surface area contributed by atoms with Crippen molar-refractivity contribution in [2.75, 3.05) is 0 Å². The standard InChI is InChI=1S/C9H10O4.C4H5.ClH.Mg/c1-9(8(12)13)4-2-3-6(5-9)7(10)11;1-3-4-2;;/h2-4H,5H2,1H3,(H,10,11)(H,12,13);3H2,1H3;1H;/q;;;+1/p-1. The van der Waals surface area contributed by atoms with Crippen molar-refractivity contribution in [2.45, 2.75) is 26.7 Å². The van der Waals surface area contributed by atoms with E-state index >= 15 is 0 Å². The Morgan fingerprint density at radius 1 is 1.47 bits per heavy atom. The predicted molar refractivity (Wildman–Crippen MR) is 69.0 cm³/mol. The molecule has 0 aromatic rings. The number of hydrogen-bond donors (Lipinski definition) is 2. The third-order valence-electron chi connectivity index (χ3n) is 2.38. The van der Waals surface area contributed by atoms with Gasteiger partial charge >= 0.3 is 57.0 Å². The fourth-order valence-electron chi connectivity index (χ4n) is 1.31. The number of rotatable bonds is 2.